The Morgan fingerprint density at radius 3 is 2.28 bits per heavy atom. The maximum Gasteiger partial charge on any atom is 0.243 e. The molecule has 0 fully saturated rings. The fourth-order valence-corrected chi connectivity index (χ4v) is 3.81. The Hall–Kier alpha value is -2.64. The van der Waals surface area contributed by atoms with Gasteiger partial charge in [0.2, 0.25) is 10.0 Å². The summed E-state index contributed by atoms with van der Waals surface area (Å²) in [7, 11) is -0.700. The lowest BCUT2D eigenvalue weighted by Gasteiger charge is -2.14. The van der Waals surface area contributed by atoms with Gasteiger partial charge in [0.1, 0.15) is 16.4 Å². The number of hydrogen-bond donors (Lipinski definition) is 1. The fourth-order valence-electron chi connectivity index (χ4n) is 2.64. The average molecular weight is 358 g/mol. The molecular weight excluding hydrogens is 340 g/mol. The van der Waals surface area contributed by atoms with Crippen molar-refractivity contribution in [2.75, 3.05) is 14.2 Å². The number of rotatable bonds is 6. The Kier molecular flexibility index (Phi) is 4.87. The Morgan fingerprint density at radius 1 is 0.960 bits per heavy atom. The largest absolute Gasteiger partial charge is 0.496 e. The molecule has 3 rings (SSSR count). The molecule has 3 aromatic rings. The molecule has 0 bridgehead atoms. The minimum Gasteiger partial charge on any atom is -0.496 e. The van der Waals surface area contributed by atoms with Gasteiger partial charge in [-0.15, -0.1) is 0 Å². The van der Waals surface area contributed by atoms with Crippen LogP contribution in [0.25, 0.3) is 10.9 Å². The highest BCUT2D eigenvalue weighted by molar-refractivity contribution is 7.89. The van der Waals surface area contributed by atoms with Gasteiger partial charge in [-0.05, 0) is 24.3 Å². The molecule has 0 atom stereocenters. The molecule has 6 nitrogen and oxygen atoms in total. The third-order valence-corrected chi connectivity index (χ3v) is 5.29. The predicted octanol–water partition coefficient (Wildman–Crippen LogP) is 2.73. The van der Waals surface area contributed by atoms with Crippen molar-refractivity contribution in [2.24, 2.45) is 0 Å². The zero-order valence-corrected chi connectivity index (χ0v) is 14.7. The second kappa shape index (κ2) is 7.08. The maximum absolute atomic E-state index is 12.8. The molecule has 1 heterocycles. The summed E-state index contributed by atoms with van der Waals surface area (Å²) in [6.07, 6.45) is 1.57. The first-order valence-electron chi connectivity index (χ1n) is 7.60. The van der Waals surface area contributed by atoms with E-state index in [2.05, 4.69) is 9.71 Å². The molecule has 0 spiro atoms. The number of nitrogens with zero attached hydrogens (tertiary/aromatic N) is 1. The lowest BCUT2D eigenvalue weighted by Crippen LogP contribution is -2.24. The summed E-state index contributed by atoms with van der Waals surface area (Å²) in [6, 6.07) is 13.9. The van der Waals surface area contributed by atoms with Crippen LogP contribution < -0.4 is 14.2 Å². The van der Waals surface area contributed by atoms with Crippen molar-refractivity contribution in [1.29, 1.82) is 0 Å². The van der Waals surface area contributed by atoms with Gasteiger partial charge in [-0.2, -0.15) is 0 Å². The van der Waals surface area contributed by atoms with E-state index in [0.29, 0.717) is 22.6 Å². The molecule has 25 heavy (non-hydrogen) atoms. The van der Waals surface area contributed by atoms with Crippen LogP contribution in [0.1, 0.15) is 5.56 Å². The second-order valence-corrected chi connectivity index (χ2v) is 7.03. The number of ether oxygens (including phenoxy) is 2. The summed E-state index contributed by atoms with van der Waals surface area (Å²) < 4.78 is 38.8. The van der Waals surface area contributed by atoms with Crippen molar-refractivity contribution < 1.29 is 17.9 Å². The van der Waals surface area contributed by atoms with Gasteiger partial charge < -0.3 is 9.47 Å². The lowest BCUT2D eigenvalue weighted by molar-refractivity contribution is 0.384. The molecule has 7 heteroatoms. The number of methoxy groups -OCH3 is 2. The average Bonchev–Trinajstić information content (AvgIpc) is 2.65. The van der Waals surface area contributed by atoms with Gasteiger partial charge in [-0.1, -0.05) is 24.3 Å². The number of nitrogens with one attached hydrogen (secondary N) is 1. The normalized spacial score (nSPS) is 11.4. The van der Waals surface area contributed by atoms with Crippen molar-refractivity contribution in [3.8, 4) is 11.5 Å². The van der Waals surface area contributed by atoms with Crippen molar-refractivity contribution in [3.05, 3.63) is 60.3 Å². The molecule has 1 aromatic heterocycles. The van der Waals surface area contributed by atoms with E-state index in [4.69, 9.17) is 9.47 Å². The summed E-state index contributed by atoms with van der Waals surface area (Å²) in [4.78, 5) is 4.34. The molecule has 2 aromatic carbocycles. The van der Waals surface area contributed by atoms with Gasteiger partial charge in [0, 0.05) is 18.1 Å². The highest BCUT2D eigenvalue weighted by atomic mass is 32.2. The van der Waals surface area contributed by atoms with E-state index in [1.165, 1.54) is 20.3 Å². The van der Waals surface area contributed by atoms with E-state index in [1.54, 1.807) is 36.5 Å². The van der Waals surface area contributed by atoms with Crippen LogP contribution in [-0.2, 0) is 16.6 Å². The van der Waals surface area contributed by atoms with Crippen molar-refractivity contribution in [2.45, 2.75) is 11.4 Å². The van der Waals surface area contributed by atoms with E-state index in [1.807, 2.05) is 12.1 Å². The molecule has 0 unspecified atom stereocenters. The molecule has 0 radical (unpaired) electrons. The van der Waals surface area contributed by atoms with Gasteiger partial charge in [0.05, 0.1) is 25.3 Å². The number of sulfonamides is 1. The van der Waals surface area contributed by atoms with Crippen LogP contribution in [0.15, 0.2) is 59.6 Å². The third kappa shape index (κ3) is 3.42. The Balaban J connectivity index is 1.95. The summed E-state index contributed by atoms with van der Waals surface area (Å²) in [5, 5.41) is 0.764. The van der Waals surface area contributed by atoms with Crippen LogP contribution in [0.3, 0.4) is 0 Å². The second-order valence-electron chi connectivity index (χ2n) is 5.30. The lowest BCUT2D eigenvalue weighted by atomic mass is 10.2. The van der Waals surface area contributed by atoms with Gasteiger partial charge in [0.15, 0.2) is 0 Å². The molecule has 0 aliphatic carbocycles. The first kappa shape index (κ1) is 17.2. The molecule has 0 saturated heterocycles. The van der Waals surface area contributed by atoms with Crippen molar-refractivity contribution in [3.63, 3.8) is 0 Å². The molecule has 0 saturated carbocycles. The van der Waals surface area contributed by atoms with E-state index in [9.17, 15) is 8.42 Å². The highest BCUT2D eigenvalue weighted by Gasteiger charge is 2.20. The van der Waals surface area contributed by atoms with Crippen LogP contribution >= 0.6 is 0 Å². The highest BCUT2D eigenvalue weighted by Crippen LogP contribution is 2.29. The van der Waals surface area contributed by atoms with Crippen LogP contribution in [0.5, 0.6) is 11.5 Å². The number of hydrogen-bond acceptors (Lipinski definition) is 5. The molecule has 0 aliphatic heterocycles. The minimum atomic E-state index is -3.76. The van der Waals surface area contributed by atoms with Crippen LogP contribution in [0.2, 0.25) is 0 Å². The van der Waals surface area contributed by atoms with E-state index in [-0.39, 0.29) is 11.4 Å². The molecule has 0 aliphatic rings. The SMILES string of the molecule is COc1cccc(OC)c1CNS(=O)(=O)c1cccc2cccnc12. The number of aromatic nitrogens is 1. The molecule has 1 N–H and O–H groups in total. The van der Waals surface area contributed by atoms with Crippen LogP contribution in [-0.4, -0.2) is 27.6 Å². The topological polar surface area (TPSA) is 77.5 Å². The first-order valence-corrected chi connectivity index (χ1v) is 9.08. The van der Waals surface area contributed by atoms with Crippen LogP contribution in [0, 0.1) is 0 Å². The summed E-state index contributed by atoms with van der Waals surface area (Å²) in [5.74, 6) is 1.11. The van der Waals surface area contributed by atoms with Crippen LogP contribution in [0.4, 0.5) is 0 Å². The summed E-state index contributed by atoms with van der Waals surface area (Å²) in [6.45, 7) is 0.0404. The van der Waals surface area contributed by atoms with Gasteiger partial charge in [0.25, 0.3) is 0 Å². The van der Waals surface area contributed by atoms with Crippen molar-refractivity contribution in [1.82, 2.24) is 9.71 Å². The van der Waals surface area contributed by atoms with E-state index < -0.39 is 10.0 Å². The Labute approximate surface area is 146 Å². The number of fused-ring (bicyclic) bond motifs is 1. The Morgan fingerprint density at radius 2 is 1.60 bits per heavy atom. The standard InChI is InChI=1S/C18H18N2O4S/c1-23-15-8-4-9-16(24-2)14(15)12-20-25(21,22)17-10-3-6-13-7-5-11-19-18(13)17/h3-11,20H,12H2,1-2H3. The smallest absolute Gasteiger partial charge is 0.243 e. The summed E-state index contributed by atoms with van der Waals surface area (Å²) in [5.41, 5.74) is 1.06. The van der Waals surface area contributed by atoms with E-state index in [0.717, 1.165) is 5.39 Å². The first-order chi connectivity index (χ1) is 12.1. The van der Waals surface area contributed by atoms with E-state index >= 15 is 0 Å². The zero-order chi connectivity index (χ0) is 17.9. The predicted molar refractivity (Wildman–Crippen MR) is 95.3 cm³/mol. The number of para-hydroxylation sites is 1. The summed E-state index contributed by atoms with van der Waals surface area (Å²) >= 11 is 0. The van der Waals surface area contributed by atoms with Gasteiger partial charge >= 0.3 is 0 Å². The number of pyridine rings is 1. The maximum atomic E-state index is 12.8. The monoisotopic (exact) mass is 358 g/mol. The molecule has 130 valence electrons. The van der Waals surface area contributed by atoms with Crippen molar-refractivity contribution >= 4 is 20.9 Å². The Bertz CT molecular complexity index is 975. The minimum absolute atomic E-state index is 0.0404. The number of benzene rings is 2. The quantitative estimate of drug-likeness (QED) is 0.733. The third-order valence-electron chi connectivity index (χ3n) is 3.85. The van der Waals surface area contributed by atoms with Gasteiger partial charge in [-0.25, -0.2) is 13.1 Å². The zero-order valence-electron chi connectivity index (χ0n) is 13.9. The fraction of sp³-hybridized carbons (Fsp3) is 0.167. The molecular formula is C18H18N2O4S. The molecule has 0 amide bonds. The van der Waals surface area contributed by atoms with Gasteiger partial charge in [-0.3, -0.25) is 4.98 Å².